The van der Waals surface area contributed by atoms with Crippen LogP contribution in [0.1, 0.15) is 13.8 Å². The van der Waals surface area contributed by atoms with E-state index in [1.807, 2.05) is 13.8 Å². The van der Waals surface area contributed by atoms with Gasteiger partial charge in [-0.2, -0.15) is 0 Å². The van der Waals surface area contributed by atoms with Crippen LogP contribution in [0.5, 0.6) is 0 Å². The van der Waals surface area contributed by atoms with Gasteiger partial charge in [-0.1, -0.05) is 25.6 Å². The van der Waals surface area contributed by atoms with Crippen LogP contribution in [0.3, 0.4) is 0 Å². The molecule has 1 saturated heterocycles. The lowest BCUT2D eigenvalue weighted by Crippen LogP contribution is -2.33. The predicted octanol–water partition coefficient (Wildman–Crippen LogP) is 0.786. The minimum absolute atomic E-state index is 0.0208. The number of hydrogen-bond acceptors (Lipinski definition) is 3. The van der Waals surface area contributed by atoms with Gasteiger partial charge in [0.25, 0.3) is 5.24 Å². The fraction of sp³-hybridized carbons (Fsp3) is 0.833. The molecule has 2 unspecified atom stereocenters. The molecule has 0 aromatic rings. The third-order valence-corrected chi connectivity index (χ3v) is 2.88. The Morgan fingerprint density at radius 2 is 2.30 bits per heavy atom. The molecule has 1 aliphatic rings. The Morgan fingerprint density at radius 3 is 2.50 bits per heavy atom. The fourth-order valence-electron chi connectivity index (χ4n) is 0.926. The number of rotatable bonds is 1. The molecular weight excluding hydrogens is 150 g/mol. The summed E-state index contributed by atoms with van der Waals surface area (Å²) in [5.41, 5.74) is 0. The van der Waals surface area contributed by atoms with Gasteiger partial charge in [-0.05, 0) is 5.92 Å². The van der Waals surface area contributed by atoms with Crippen molar-refractivity contribution in [3.05, 3.63) is 0 Å². The summed E-state index contributed by atoms with van der Waals surface area (Å²) in [6.07, 6.45) is -0.655. The molecule has 0 spiro atoms. The normalized spacial score (nSPS) is 33.0. The Hall–Kier alpha value is -0.220. The molecule has 2 N–H and O–H groups in total. The number of thioether (sulfide) groups is 1. The summed E-state index contributed by atoms with van der Waals surface area (Å²) >= 11 is 1.18. The summed E-state index contributed by atoms with van der Waals surface area (Å²) in [6.45, 7) is 3.97. The molecule has 0 aliphatic carbocycles. The molecule has 10 heavy (non-hydrogen) atoms. The van der Waals surface area contributed by atoms with E-state index in [1.165, 1.54) is 11.8 Å². The zero-order valence-corrected chi connectivity index (χ0v) is 6.81. The first-order chi connectivity index (χ1) is 4.61. The smallest absolute Gasteiger partial charge is 0.281 e. The van der Waals surface area contributed by atoms with Crippen LogP contribution in [0.25, 0.3) is 0 Å². The van der Waals surface area contributed by atoms with Crippen LogP contribution in [0.15, 0.2) is 0 Å². The second-order valence-electron chi connectivity index (χ2n) is 2.70. The Bertz CT molecular complexity index is 149. The Kier molecular flexibility index (Phi) is 2.21. The van der Waals surface area contributed by atoms with E-state index in [4.69, 9.17) is 0 Å². The third-order valence-electron chi connectivity index (χ3n) is 1.48. The lowest BCUT2D eigenvalue weighted by molar-refractivity contribution is 0.139. The SMILES string of the molecule is CC(C)C1SC(=O)NC1O. The van der Waals surface area contributed by atoms with Crippen molar-refractivity contribution in [2.45, 2.75) is 25.3 Å². The van der Waals surface area contributed by atoms with Crippen molar-refractivity contribution in [3.63, 3.8) is 0 Å². The second kappa shape index (κ2) is 2.80. The lowest BCUT2D eigenvalue weighted by atomic mass is 10.1. The molecule has 1 amide bonds. The first-order valence-electron chi connectivity index (χ1n) is 3.26. The molecule has 0 aromatic carbocycles. The maximum atomic E-state index is 10.7. The molecule has 2 atom stereocenters. The quantitative estimate of drug-likeness (QED) is 0.597. The number of aliphatic hydroxyl groups is 1. The van der Waals surface area contributed by atoms with Gasteiger partial charge in [0.15, 0.2) is 0 Å². The van der Waals surface area contributed by atoms with Gasteiger partial charge in [-0.25, -0.2) is 0 Å². The van der Waals surface area contributed by atoms with Gasteiger partial charge in [-0.15, -0.1) is 0 Å². The van der Waals surface area contributed by atoms with E-state index in [1.54, 1.807) is 0 Å². The third kappa shape index (κ3) is 1.44. The fourth-order valence-corrected chi connectivity index (χ4v) is 1.83. The molecule has 0 radical (unpaired) electrons. The summed E-state index contributed by atoms with van der Waals surface area (Å²) in [6, 6.07) is 0. The van der Waals surface area contributed by atoms with E-state index in [9.17, 15) is 9.90 Å². The number of hydrogen-bond donors (Lipinski definition) is 2. The summed E-state index contributed by atoms with van der Waals surface area (Å²) in [7, 11) is 0. The van der Waals surface area contributed by atoms with Crippen LogP contribution in [0.2, 0.25) is 0 Å². The van der Waals surface area contributed by atoms with E-state index in [0.717, 1.165) is 0 Å². The molecule has 1 heterocycles. The van der Waals surface area contributed by atoms with Gasteiger partial charge in [0.2, 0.25) is 0 Å². The summed E-state index contributed by atoms with van der Waals surface area (Å²) in [4.78, 5) is 10.7. The molecule has 1 fully saturated rings. The van der Waals surface area contributed by atoms with Crippen molar-refractivity contribution in [2.75, 3.05) is 0 Å². The van der Waals surface area contributed by atoms with Crippen molar-refractivity contribution >= 4 is 17.0 Å². The molecule has 0 aromatic heterocycles. The highest BCUT2D eigenvalue weighted by Crippen LogP contribution is 2.27. The van der Waals surface area contributed by atoms with Crippen molar-refractivity contribution in [3.8, 4) is 0 Å². The van der Waals surface area contributed by atoms with E-state index >= 15 is 0 Å². The zero-order valence-electron chi connectivity index (χ0n) is 6.00. The van der Waals surface area contributed by atoms with Crippen molar-refractivity contribution in [1.29, 1.82) is 0 Å². The van der Waals surface area contributed by atoms with E-state index in [2.05, 4.69) is 5.32 Å². The van der Waals surface area contributed by atoms with Crippen molar-refractivity contribution in [1.82, 2.24) is 5.32 Å². The Labute approximate surface area is 64.2 Å². The number of amides is 1. The zero-order chi connectivity index (χ0) is 7.72. The molecule has 1 rings (SSSR count). The monoisotopic (exact) mass is 161 g/mol. The maximum absolute atomic E-state index is 10.7. The van der Waals surface area contributed by atoms with E-state index < -0.39 is 6.23 Å². The Morgan fingerprint density at radius 1 is 1.70 bits per heavy atom. The largest absolute Gasteiger partial charge is 0.372 e. The van der Waals surface area contributed by atoms with E-state index in [-0.39, 0.29) is 10.5 Å². The van der Waals surface area contributed by atoms with Crippen molar-refractivity contribution < 1.29 is 9.90 Å². The maximum Gasteiger partial charge on any atom is 0.281 e. The van der Waals surface area contributed by atoms with Gasteiger partial charge < -0.3 is 10.4 Å². The number of nitrogens with one attached hydrogen (secondary N) is 1. The highest BCUT2D eigenvalue weighted by molar-refractivity contribution is 8.14. The van der Waals surface area contributed by atoms with Crippen molar-refractivity contribution in [2.24, 2.45) is 5.92 Å². The van der Waals surface area contributed by atoms with Crippen LogP contribution in [-0.4, -0.2) is 21.8 Å². The average molecular weight is 161 g/mol. The summed E-state index contributed by atoms with van der Waals surface area (Å²) in [5, 5.41) is 11.5. The second-order valence-corrected chi connectivity index (χ2v) is 3.85. The molecule has 58 valence electrons. The van der Waals surface area contributed by atoms with Crippen LogP contribution in [-0.2, 0) is 0 Å². The molecule has 0 saturated carbocycles. The first kappa shape index (κ1) is 7.88. The Balaban J connectivity index is 2.54. The summed E-state index contributed by atoms with van der Waals surface area (Å²) in [5.74, 6) is 0.332. The number of carbonyl (C=O) groups is 1. The average Bonchev–Trinajstić information content (AvgIpc) is 2.10. The number of aliphatic hydroxyl groups excluding tert-OH is 1. The molecule has 0 bridgehead atoms. The first-order valence-corrected chi connectivity index (χ1v) is 4.14. The van der Waals surface area contributed by atoms with Crippen LogP contribution < -0.4 is 5.32 Å². The lowest BCUT2D eigenvalue weighted by Gasteiger charge is -2.14. The molecule has 1 aliphatic heterocycles. The molecule has 4 heteroatoms. The molecule has 3 nitrogen and oxygen atoms in total. The predicted molar refractivity (Wildman–Crippen MR) is 40.8 cm³/mol. The van der Waals surface area contributed by atoms with Gasteiger partial charge in [0.05, 0.1) is 5.25 Å². The van der Waals surface area contributed by atoms with Gasteiger partial charge in [0.1, 0.15) is 6.23 Å². The van der Waals surface area contributed by atoms with Gasteiger partial charge >= 0.3 is 0 Å². The van der Waals surface area contributed by atoms with E-state index in [0.29, 0.717) is 5.92 Å². The minimum atomic E-state index is -0.655. The minimum Gasteiger partial charge on any atom is -0.372 e. The van der Waals surface area contributed by atoms with Gasteiger partial charge in [-0.3, -0.25) is 4.79 Å². The van der Waals surface area contributed by atoms with Crippen LogP contribution >= 0.6 is 11.8 Å². The standard InChI is InChI=1S/C6H11NO2S/c1-3(2)4-5(8)7-6(9)10-4/h3-5,8H,1-2H3,(H,7,9). The van der Waals surface area contributed by atoms with Crippen LogP contribution in [0.4, 0.5) is 4.79 Å². The highest BCUT2D eigenvalue weighted by atomic mass is 32.2. The van der Waals surface area contributed by atoms with Crippen LogP contribution in [0, 0.1) is 5.92 Å². The van der Waals surface area contributed by atoms with Gasteiger partial charge in [0, 0.05) is 0 Å². The summed E-state index contributed by atoms with van der Waals surface area (Å²) < 4.78 is 0. The topological polar surface area (TPSA) is 49.3 Å². The molecular formula is C6H11NO2S. The highest BCUT2D eigenvalue weighted by Gasteiger charge is 2.33. The number of carbonyl (C=O) groups excluding carboxylic acids is 1.